The fraction of sp³-hybridized carbons (Fsp3) is 0.211. The van der Waals surface area contributed by atoms with Gasteiger partial charge in [0.15, 0.2) is 6.61 Å². The van der Waals surface area contributed by atoms with Crippen LogP contribution in [0.2, 0.25) is 0 Å². The molecule has 1 aliphatic rings. The van der Waals surface area contributed by atoms with E-state index in [1.54, 1.807) is 25.3 Å². The van der Waals surface area contributed by atoms with Gasteiger partial charge in [0.05, 0.1) is 24.1 Å². The van der Waals surface area contributed by atoms with Crippen molar-refractivity contribution in [1.29, 1.82) is 0 Å². The molecule has 2 aromatic rings. The van der Waals surface area contributed by atoms with Gasteiger partial charge in [-0.25, -0.2) is 4.79 Å². The fourth-order valence-electron chi connectivity index (χ4n) is 2.46. The van der Waals surface area contributed by atoms with Crippen molar-refractivity contribution in [3.63, 3.8) is 0 Å². The van der Waals surface area contributed by atoms with Crippen LogP contribution in [0.1, 0.15) is 15.9 Å². The monoisotopic (exact) mass is 386 g/mol. The van der Waals surface area contributed by atoms with Crippen LogP contribution in [0.25, 0.3) is 0 Å². The molecule has 0 aromatic heterocycles. The molecule has 0 unspecified atom stereocenters. The Morgan fingerprint density at radius 1 is 1.22 bits per heavy atom. The standard InChI is InChI=1S/C19H18N2O5S/c1-25-14-4-2-3-12(7-14)9-20-17(22)10-26-19(24)13-5-6-16-15(8-13)21-18(23)11-27-16/h2-8H,9-11H2,1H3,(H,20,22)(H,21,23). The van der Waals surface area contributed by atoms with Crippen LogP contribution < -0.4 is 15.4 Å². The zero-order valence-electron chi connectivity index (χ0n) is 14.6. The van der Waals surface area contributed by atoms with Gasteiger partial charge in [-0.3, -0.25) is 9.59 Å². The lowest BCUT2D eigenvalue weighted by molar-refractivity contribution is -0.124. The number of hydrogen-bond acceptors (Lipinski definition) is 6. The first-order valence-electron chi connectivity index (χ1n) is 8.18. The van der Waals surface area contributed by atoms with Crippen LogP contribution in [0.4, 0.5) is 5.69 Å². The van der Waals surface area contributed by atoms with Gasteiger partial charge in [0.2, 0.25) is 5.91 Å². The fourth-order valence-corrected chi connectivity index (χ4v) is 3.25. The van der Waals surface area contributed by atoms with E-state index in [2.05, 4.69) is 10.6 Å². The van der Waals surface area contributed by atoms with Crippen LogP contribution in [0.15, 0.2) is 47.4 Å². The Labute approximate surface area is 160 Å². The highest BCUT2D eigenvalue weighted by Gasteiger charge is 2.18. The number of benzene rings is 2. The summed E-state index contributed by atoms with van der Waals surface area (Å²) in [4.78, 5) is 36.4. The van der Waals surface area contributed by atoms with Gasteiger partial charge in [-0.1, -0.05) is 12.1 Å². The number of carbonyl (C=O) groups is 3. The Kier molecular flexibility index (Phi) is 5.97. The zero-order chi connectivity index (χ0) is 19.2. The predicted molar refractivity (Wildman–Crippen MR) is 101 cm³/mol. The Morgan fingerprint density at radius 2 is 2.07 bits per heavy atom. The summed E-state index contributed by atoms with van der Waals surface area (Å²) in [5.41, 5.74) is 1.72. The number of thioether (sulfide) groups is 1. The van der Waals surface area contributed by atoms with Crippen LogP contribution in [0.5, 0.6) is 5.75 Å². The maximum atomic E-state index is 12.1. The normalized spacial score (nSPS) is 12.6. The first-order valence-corrected chi connectivity index (χ1v) is 9.17. The molecule has 1 heterocycles. The zero-order valence-corrected chi connectivity index (χ0v) is 15.4. The molecular weight excluding hydrogens is 368 g/mol. The summed E-state index contributed by atoms with van der Waals surface area (Å²) in [5.74, 6) is -0.0996. The first-order chi connectivity index (χ1) is 13.0. The van der Waals surface area contributed by atoms with Crippen molar-refractivity contribution in [1.82, 2.24) is 5.32 Å². The molecule has 2 N–H and O–H groups in total. The van der Waals surface area contributed by atoms with Gasteiger partial charge in [-0.2, -0.15) is 0 Å². The predicted octanol–water partition coefficient (Wildman–Crippen LogP) is 2.21. The summed E-state index contributed by atoms with van der Waals surface area (Å²) in [6, 6.07) is 12.2. The molecule has 2 amide bonds. The molecule has 2 aromatic carbocycles. The molecule has 1 aliphatic heterocycles. The Morgan fingerprint density at radius 3 is 2.89 bits per heavy atom. The topological polar surface area (TPSA) is 93.7 Å². The van der Waals surface area contributed by atoms with Gasteiger partial charge < -0.3 is 20.1 Å². The van der Waals surface area contributed by atoms with Gasteiger partial charge in [-0.15, -0.1) is 11.8 Å². The summed E-state index contributed by atoms with van der Waals surface area (Å²) in [6.45, 7) is -0.0866. The quantitative estimate of drug-likeness (QED) is 0.740. The van der Waals surface area contributed by atoms with Crippen molar-refractivity contribution in [2.75, 3.05) is 24.8 Å². The van der Waals surface area contributed by atoms with Crippen molar-refractivity contribution in [2.24, 2.45) is 0 Å². The Hall–Kier alpha value is -3.00. The maximum Gasteiger partial charge on any atom is 0.338 e. The Balaban J connectivity index is 1.50. The summed E-state index contributed by atoms with van der Waals surface area (Å²) in [7, 11) is 1.57. The summed E-state index contributed by atoms with van der Waals surface area (Å²) < 4.78 is 10.2. The number of amides is 2. The number of esters is 1. The second kappa shape index (κ2) is 8.59. The molecule has 140 valence electrons. The molecule has 0 spiro atoms. The van der Waals surface area contributed by atoms with Crippen molar-refractivity contribution in [2.45, 2.75) is 11.4 Å². The van der Waals surface area contributed by atoms with Crippen molar-refractivity contribution < 1.29 is 23.9 Å². The largest absolute Gasteiger partial charge is 0.497 e. The molecular formula is C19H18N2O5S. The second-order valence-corrected chi connectivity index (χ2v) is 6.77. The lowest BCUT2D eigenvalue weighted by Gasteiger charge is -2.16. The van der Waals surface area contributed by atoms with Crippen LogP contribution in [0.3, 0.4) is 0 Å². The number of hydrogen-bond donors (Lipinski definition) is 2. The molecule has 0 fully saturated rings. The third-order valence-corrected chi connectivity index (χ3v) is 4.88. The minimum atomic E-state index is -0.626. The smallest absolute Gasteiger partial charge is 0.338 e. The molecule has 7 nitrogen and oxygen atoms in total. The van der Waals surface area contributed by atoms with Crippen molar-refractivity contribution >= 4 is 35.2 Å². The van der Waals surface area contributed by atoms with Crippen LogP contribution in [-0.4, -0.2) is 37.3 Å². The lowest BCUT2D eigenvalue weighted by Crippen LogP contribution is -2.28. The average molecular weight is 386 g/mol. The molecule has 0 atom stereocenters. The third-order valence-electron chi connectivity index (χ3n) is 3.81. The molecule has 0 aliphatic carbocycles. The highest BCUT2D eigenvalue weighted by atomic mass is 32.2. The number of carbonyl (C=O) groups excluding carboxylic acids is 3. The third kappa shape index (κ3) is 5.01. The number of methoxy groups -OCH3 is 1. The van der Waals surface area contributed by atoms with Gasteiger partial charge >= 0.3 is 5.97 Å². The van der Waals surface area contributed by atoms with Crippen LogP contribution >= 0.6 is 11.8 Å². The number of fused-ring (bicyclic) bond motifs is 1. The van der Waals surface area contributed by atoms with Crippen molar-refractivity contribution in [3.8, 4) is 5.75 Å². The number of ether oxygens (including phenoxy) is 2. The maximum absolute atomic E-state index is 12.1. The lowest BCUT2D eigenvalue weighted by atomic mass is 10.2. The summed E-state index contributed by atoms with van der Waals surface area (Å²) >= 11 is 1.41. The molecule has 8 heteroatoms. The van der Waals surface area contributed by atoms with Gasteiger partial charge in [0.1, 0.15) is 5.75 Å². The number of nitrogens with one attached hydrogen (secondary N) is 2. The highest BCUT2D eigenvalue weighted by molar-refractivity contribution is 8.00. The van der Waals surface area contributed by atoms with Gasteiger partial charge in [0.25, 0.3) is 5.91 Å². The van der Waals surface area contributed by atoms with E-state index < -0.39 is 11.9 Å². The minimum absolute atomic E-state index is 0.116. The first kappa shape index (κ1) is 18.8. The molecule has 0 bridgehead atoms. The summed E-state index contributed by atoms with van der Waals surface area (Å²) in [6.07, 6.45) is 0. The van der Waals surface area contributed by atoms with E-state index in [1.165, 1.54) is 11.8 Å². The van der Waals surface area contributed by atoms with E-state index >= 15 is 0 Å². The van der Waals surface area contributed by atoms with E-state index in [1.807, 2.05) is 24.3 Å². The highest BCUT2D eigenvalue weighted by Crippen LogP contribution is 2.32. The van der Waals surface area contributed by atoms with E-state index in [4.69, 9.17) is 9.47 Å². The molecule has 27 heavy (non-hydrogen) atoms. The minimum Gasteiger partial charge on any atom is -0.497 e. The molecule has 0 saturated carbocycles. The molecule has 0 saturated heterocycles. The molecule has 3 rings (SSSR count). The number of anilines is 1. The van der Waals surface area contributed by atoms with Gasteiger partial charge in [0, 0.05) is 11.4 Å². The van der Waals surface area contributed by atoms with Crippen LogP contribution in [-0.2, 0) is 20.9 Å². The van der Waals surface area contributed by atoms with Gasteiger partial charge in [-0.05, 0) is 35.9 Å². The SMILES string of the molecule is COc1cccc(CNC(=O)COC(=O)c2ccc3c(c2)NC(=O)CS3)c1. The van der Waals surface area contributed by atoms with E-state index in [0.29, 0.717) is 23.7 Å². The van der Waals surface area contributed by atoms with Crippen LogP contribution in [0, 0.1) is 0 Å². The second-order valence-electron chi connectivity index (χ2n) is 5.75. The number of rotatable bonds is 6. The Bertz CT molecular complexity index is 884. The average Bonchev–Trinajstić information content (AvgIpc) is 2.70. The van der Waals surface area contributed by atoms with E-state index in [-0.39, 0.29) is 18.1 Å². The van der Waals surface area contributed by atoms with Crippen molar-refractivity contribution in [3.05, 3.63) is 53.6 Å². The van der Waals surface area contributed by atoms with E-state index in [9.17, 15) is 14.4 Å². The van der Waals surface area contributed by atoms with E-state index in [0.717, 1.165) is 10.5 Å². The summed E-state index contributed by atoms with van der Waals surface area (Å²) in [5, 5.41) is 5.39. The molecule has 0 radical (unpaired) electrons.